The van der Waals surface area contributed by atoms with Gasteiger partial charge in [-0.2, -0.15) is 0 Å². The Morgan fingerprint density at radius 3 is 1.86 bits per heavy atom. The summed E-state index contributed by atoms with van der Waals surface area (Å²) in [5, 5.41) is 3.03. The van der Waals surface area contributed by atoms with Gasteiger partial charge in [-0.3, -0.25) is 4.79 Å². The number of hydrogen-bond acceptors (Lipinski definition) is 1. The fraction of sp³-hybridized carbons (Fsp3) is 0.833. The zero-order chi connectivity index (χ0) is 9.76. The molecule has 0 spiro atoms. The molecule has 4 aliphatic carbocycles. The van der Waals surface area contributed by atoms with Crippen LogP contribution in [-0.2, 0) is 4.79 Å². The van der Waals surface area contributed by atoms with Crippen LogP contribution < -0.4 is 5.32 Å². The highest BCUT2D eigenvalue weighted by atomic mass is 16.1. The van der Waals surface area contributed by atoms with Crippen LogP contribution in [0.2, 0.25) is 0 Å². The van der Waals surface area contributed by atoms with Crippen LogP contribution in [0, 0.1) is 24.7 Å². The lowest BCUT2D eigenvalue weighted by Crippen LogP contribution is -2.59. The summed E-state index contributed by atoms with van der Waals surface area (Å²) in [6.45, 7) is 5.26. The molecule has 1 amide bonds. The Kier molecular flexibility index (Phi) is 1.71. The van der Waals surface area contributed by atoms with Gasteiger partial charge in [0.05, 0.1) is 6.92 Å². The van der Waals surface area contributed by atoms with Gasteiger partial charge in [-0.05, 0) is 56.3 Å². The van der Waals surface area contributed by atoms with Gasteiger partial charge in [0.2, 0.25) is 5.91 Å². The van der Waals surface area contributed by atoms with Crippen LogP contribution in [0.1, 0.15) is 38.5 Å². The van der Waals surface area contributed by atoms with Crippen molar-refractivity contribution in [3.63, 3.8) is 0 Å². The van der Waals surface area contributed by atoms with Crippen molar-refractivity contribution in [3.8, 4) is 0 Å². The first-order chi connectivity index (χ1) is 6.65. The molecule has 0 unspecified atom stereocenters. The minimum Gasteiger partial charge on any atom is -0.350 e. The lowest BCUT2D eigenvalue weighted by atomic mass is 9.53. The molecule has 2 nitrogen and oxygen atoms in total. The molecule has 4 saturated carbocycles. The van der Waals surface area contributed by atoms with Gasteiger partial charge in [-0.15, -0.1) is 0 Å². The van der Waals surface area contributed by atoms with Gasteiger partial charge in [0.15, 0.2) is 0 Å². The minimum atomic E-state index is -0.327. The third-order valence-electron chi connectivity index (χ3n) is 4.43. The van der Waals surface area contributed by atoms with Crippen molar-refractivity contribution in [1.29, 1.82) is 0 Å². The Bertz CT molecular complexity index is 236. The average molecular weight is 191 g/mol. The molecular formula is C12H17NO. The maximum absolute atomic E-state index is 11.0. The topological polar surface area (TPSA) is 29.1 Å². The second kappa shape index (κ2) is 2.74. The number of rotatable bonds is 1. The summed E-state index contributed by atoms with van der Waals surface area (Å²) in [6, 6.07) is 0. The van der Waals surface area contributed by atoms with Gasteiger partial charge < -0.3 is 5.32 Å². The number of carbonyl (C=O) groups is 1. The molecule has 0 aliphatic heterocycles. The summed E-state index contributed by atoms with van der Waals surface area (Å²) in [4.78, 5) is 11.0. The van der Waals surface area contributed by atoms with Gasteiger partial charge >= 0.3 is 0 Å². The summed E-state index contributed by atoms with van der Waals surface area (Å²) in [7, 11) is 0. The predicted molar refractivity (Wildman–Crippen MR) is 53.3 cm³/mol. The van der Waals surface area contributed by atoms with Crippen molar-refractivity contribution in [3.05, 3.63) is 6.92 Å². The van der Waals surface area contributed by atoms with Gasteiger partial charge in [-0.25, -0.2) is 0 Å². The van der Waals surface area contributed by atoms with Crippen LogP contribution in [0.5, 0.6) is 0 Å². The molecule has 0 heterocycles. The molecule has 0 saturated heterocycles. The van der Waals surface area contributed by atoms with Gasteiger partial charge in [-0.1, -0.05) is 0 Å². The van der Waals surface area contributed by atoms with Crippen LogP contribution in [0.4, 0.5) is 0 Å². The Labute approximate surface area is 85.4 Å². The molecule has 1 N–H and O–H groups in total. The van der Waals surface area contributed by atoms with Crippen LogP contribution in [-0.4, -0.2) is 11.4 Å². The van der Waals surface area contributed by atoms with Crippen LogP contribution >= 0.6 is 0 Å². The molecule has 0 aromatic carbocycles. The minimum absolute atomic E-state index is 0.0978. The molecule has 4 rings (SSSR count). The highest BCUT2D eigenvalue weighted by Gasteiger charge is 2.51. The Morgan fingerprint density at radius 1 is 1.07 bits per heavy atom. The first kappa shape index (κ1) is 8.75. The van der Waals surface area contributed by atoms with Gasteiger partial charge in [0, 0.05) is 5.54 Å². The molecule has 76 valence electrons. The Balaban J connectivity index is 1.83. The summed E-state index contributed by atoms with van der Waals surface area (Å²) in [6.07, 6.45) is 7.75. The second-order valence-electron chi connectivity index (χ2n) is 5.69. The number of amides is 1. The molecule has 4 fully saturated rings. The first-order valence-corrected chi connectivity index (χ1v) is 5.73. The van der Waals surface area contributed by atoms with E-state index in [0.29, 0.717) is 0 Å². The highest BCUT2D eigenvalue weighted by molar-refractivity contribution is 5.80. The van der Waals surface area contributed by atoms with Crippen molar-refractivity contribution in [1.82, 2.24) is 5.32 Å². The van der Waals surface area contributed by atoms with Crippen molar-refractivity contribution < 1.29 is 4.79 Å². The monoisotopic (exact) mass is 191 g/mol. The van der Waals surface area contributed by atoms with E-state index in [1.54, 1.807) is 0 Å². The highest BCUT2D eigenvalue weighted by Crippen LogP contribution is 2.55. The van der Waals surface area contributed by atoms with E-state index in [9.17, 15) is 4.79 Å². The summed E-state index contributed by atoms with van der Waals surface area (Å²) < 4.78 is 0. The third-order valence-corrected chi connectivity index (χ3v) is 4.43. The Hall–Kier alpha value is -0.530. The zero-order valence-corrected chi connectivity index (χ0v) is 8.46. The largest absolute Gasteiger partial charge is 0.350 e. The van der Waals surface area contributed by atoms with E-state index in [1.165, 1.54) is 38.5 Å². The average Bonchev–Trinajstić information content (AvgIpc) is 1.96. The molecule has 0 atom stereocenters. The van der Waals surface area contributed by atoms with Crippen molar-refractivity contribution in [2.45, 2.75) is 44.1 Å². The van der Waals surface area contributed by atoms with E-state index in [2.05, 4.69) is 5.32 Å². The van der Waals surface area contributed by atoms with Gasteiger partial charge in [0.1, 0.15) is 0 Å². The lowest BCUT2D eigenvalue weighted by Gasteiger charge is -2.56. The van der Waals surface area contributed by atoms with Crippen LogP contribution in [0.15, 0.2) is 0 Å². The van der Waals surface area contributed by atoms with E-state index < -0.39 is 0 Å². The molecule has 4 bridgehead atoms. The first-order valence-electron chi connectivity index (χ1n) is 5.73. The Morgan fingerprint density at radius 2 is 1.50 bits per heavy atom. The number of hydrogen-bond donors (Lipinski definition) is 1. The molecule has 0 aromatic rings. The van der Waals surface area contributed by atoms with E-state index in [0.717, 1.165) is 17.8 Å². The fourth-order valence-corrected chi connectivity index (χ4v) is 4.53. The predicted octanol–water partition coefficient (Wildman–Crippen LogP) is 1.78. The van der Waals surface area contributed by atoms with Crippen molar-refractivity contribution in [2.24, 2.45) is 17.8 Å². The lowest BCUT2D eigenvalue weighted by molar-refractivity contribution is -0.122. The molecule has 2 heteroatoms. The standard InChI is InChI=1S/C12H17NO/c1-8(14)13-12-5-9-2-10(6-12)4-11(3-9)7-12/h1,9-11H,2-7H2,(H,13,14). The summed E-state index contributed by atoms with van der Waals surface area (Å²) >= 11 is 0. The van der Waals surface area contributed by atoms with E-state index in [4.69, 9.17) is 6.92 Å². The maximum atomic E-state index is 11.0. The second-order valence-corrected chi connectivity index (χ2v) is 5.69. The molecule has 14 heavy (non-hydrogen) atoms. The van der Waals surface area contributed by atoms with Crippen molar-refractivity contribution in [2.75, 3.05) is 0 Å². The quantitative estimate of drug-likeness (QED) is 0.672. The number of nitrogens with one attached hydrogen (secondary N) is 1. The molecule has 4 aliphatic rings. The van der Waals surface area contributed by atoms with Gasteiger partial charge in [0.25, 0.3) is 0 Å². The summed E-state index contributed by atoms with van der Waals surface area (Å²) in [5.74, 6) is 2.28. The van der Waals surface area contributed by atoms with Crippen LogP contribution in [0.3, 0.4) is 0 Å². The van der Waals surface area contributed by atoms with Crippen LogP contribution in [0.25, 0.3) is 0 Å². The summed E-state index contributed by atoms with van der Waals surface area (Å²) in [5.41, 5.74) is 0.0978. The third kappa shape index (κ3) is 1.27. The van der Waals surface area contributed by atoms with E-state index in [1.807, 2.05) is 0 Å². The van der Waals surface area contributed by atoms with E-state index >= 15 is 0 Å². The van der Waals surface area contributed by atoms with E-state index in [-0.39, 0.29) is 11.4 Å². The van der Waals surface area contributed by atoms with Crippen molar-refractivity contribution >= 4 is 5.91 Å². The molecule has 2 radical (unpaired) electrons. The normalized spacial score (nSPS) is 49.4. The molecule has 0 aromatic heterocycles. The number of carbonyl (C=O) groups excluding carboxylic acids is 1. The smallest absolute Gasteiger partial charge is 0.225 e. The maximum Gasteiger partial charge on any atom is 0.225 e. The fourth-order valence-electron chi connectivity index (χ4n) is 4.53. The SMILES string of the molecule is [CH]C(=O)NC12CC3CC(CC(C3)C1)C2. The zero-order valence-electron chi connectivity index (χ0n) is 8.46. The molecular weight excluding hydrogens is 174 g/mol.